The van der Waals surface area contributed by atoms with Gasteiger partial charge in [-0.05, 0) is 40.5 Å². The molecule has 0 aliphatic rings. The van der Waals surface area contributed by atoms with Crippen LogP contribution in [0.4, 0.5) is 0 Å². The Hall–Kier alpha value is -1.27. The van der Waals surface area contributed by atoms with Gasteiger partial charge in [0.25, 0.3) is 0 Å². The molecule has 0 fully saturated rings. The zero-order valence-electron chi connectivity index (χ0n) is 9.43. The fraction of sp³-hybridized carbons (Fsp3) is 0.364. The van der Waals surface area contributed by atoms with E-state index in [1.807, 2.05) is 19.1 Å². The number of halogens is 1. The van der Waals surface area contributed by atoms with Crippen molar-refractivity contribution in [2.24, 2.45) is 11.7 Å². The van der Waals surface area contributed by atoms with Crippen LogP contribution in [-0.2, 0) is 6.42 Å². The van der Waals surface area contributed by atoms with Crippen LogP contribution in [0, 0.1) is 5.92 Å². The quantitative estimate of drug-likeness (QED) is 0.934. The van der Waals surface area contributed by atoms with Crippen LogP contribution in [0.5, 0.6) is 0 Å². The average Bonchev–Trinajstić information content (AvgIpc) is 2.78. The van der Waals surface area contributed by atoms with E-state index in [0.29, 0.717) is 36.3 Å². The van der Waals surface area contributed by atoms with Gasteiger partial charge >= 0.3 is 0 Å². The first kappa shape index (κ1) is 12.2. The lowest BCUT2D eigenvalue weighted by molar-refractivity contribution is 0.359. The van der Waals surface area contributed by atoms with E-state index in [1.54, 1.807) is 6.20 Å². The van der Waals surface area contributed by atoms with Crippen molar-refractivity contribution in [3.05, 3.63) is 28.7 Å². The molecule has 0 aromatic carbocycles. The Balaban J connectivity index is 2.21. The molecular formula is C11H13BrN4O. The van der Waals surface area contributed by atoms with E-state index in [2.05, 4.69) is 31.1 Å². The highest BCUT2D eigenvalue weighted by atomic mass is 79.9. The normalized spacial score (nSPS) is 12.6. The summed E-state index contributed by atoms with van der Waals surface area (Å²) in [4.78, 5) is 8.51. The van der Waals surface area contributed by atoms with Gasteiger partial charge in [0.15, 0.2) is 0 Å². The topological polar surface area (TPSA) is 77.8 Å². The molecule has 17 heavy (non-hydrogen) atoms. The van der Waals surface area contributed by atoms with Crippen molar-refractivity contribution in [2.75, 3.05) is 6.54 Å². The summed E-state index contributed by atoms with van der Waals surface area (Å²) in [6, 6.07) is 3.73. The Morgan fingerprint density at radius 2 is 2.35 bits per heavy atom. The van der Waals surface area contributed by atoms with Crippen LogP contribution in [0.25, 0.3) is 11.5 Å². The maximum Gasteiger partial charge on any atom is 0.227 e. The Labute approximate surface area is 108 Å². The number of hydrogen-bond donors (Lipinski definition) is 1. The van der Waals surface area contributed by atoms with E-state index in [4.69, 9.17) is 10.3 Å². The molecule has 2 heterocycles. The van der Waals surface area contributed by atoms with Gasteiger partial charge in [-0.3, -0.25) is 4.98 Å². The summed E-state index contributed by atoms with van der Waals surface area (Å²) in [6.45, 7) is 2.64. The van der Waals surface area contributed by atoms with Crippen molar-refractivity contribution in [1.29, 1.82) is 0 Å². The van der Waals surface area contributed by atoms with E-state index in [-0.39, 0.29) is 0 Å². The minimum atomic E-state index is 0.329. The van der Waals surface area contributed by atoms with Gasteiger partial charge in [0, 0.05) is 17.1 Å². The van der Waals surface area contributed by atoms with Crippen LogP contribution < -0.4 is 5.73 Å². The smallest absolute Gasteiger partial charge is 0.227 e. The van der Waals surface area contributed by atoms with Crippen LogP contribution in [0.1, 0.15) is 12.8 Å². The monoisotopic (exact) mass is 296 g/mol. The van der Waals surface area contributed by atoms with E-state index in [1.165, 1.54) is 0 Å². The molecule has 5 nitrogen and oxygen atoms in total. The van der Waals surface area contributed by atoms with E-state index < -0.39 is 0 Å². The first-order valence-electron chi connectivity index (χ1n) is 5.34. The van der Waals surface area contributed by atoms with Crippen molar-refractivity contribution in [2.45, 2.75) is 13.3 Å². The minimum Gasteiger partial charge on any atom is -0.339 e. The van der Waals surface area contributed by atoms with E-state index >= 15 is 0 Å². The molecular weight excluding hydrogens is 284 g/mol. The van der Waals surface area contributed by atoms with Gasteiger partial charge in [-0.2, -0.15) is 4.98 Å². The number of nitrogens with zero attached hydrogens (tertiary/aromatic N) is 3. The molecule has 2 aromatic rings. The maximum atomic E-state index is 5.55. The number of nitrogens with two attached hydrogens (primary N) is 1. The molecule has 1 atom stereocenters. The van der Waals surface area contributed by atoms with Gasteiger partial charge in [0.1, 0.15) is 5.69 Å². The molecule has 90 valence electrons. The predicted octanol–water partition coefficient (Wildman–Crippen LogP) is 2.03. The first-order chi connectivity index (χ1) is 8.20. The molecule has 0 bridgehead atoms. The highest BCUT2D eigenvalue weighted by Crippen LogP contribution is 2.23. The van der Waals surface area contributed by atoms with Crippen LogP contribution >= 0.6 is 15.9 Å². The van der Waals surface area contributed by atoms with Crippen molar-refractivity contribution in [3.63, 3.8) is 0 Å². The number of pyridine rings is 1. The van der Waals surface area contributed by atoms with Crippen molar-refractivity contribution >= 4 is 15.9 Å². The first-order valence-corrected chi connectivity index (χ1v) is 6.13. The Morgan fingerprint density at radius 1 is 1.53 bits per heavy atom. The fourth-order valence-corrected chi connectivity index (χ4v) is 1.80. The molecule has 1 unspecified atom stereocenters. The second-order valence-electron chi connectivity index (χ2n) is 3.89. The highest BCUT2D eigenvalue weighted by molar-refractivity contribution is 9.10. The Morgan fingerprint density at radius 3 is 3.06 bits per heavy atom. The maximum absolute atomic E-state index is 5.55. The number of hydrogen-bond acceptors (Lipinski definition) is 5. The third-order valence-electron chi connectivity index (χ3n) is 2.36. The van der Waals surface area contributed by atoms with Crippen LogP contribution in [0.2, 0.25) is 0 Å². The van der Waals surface area contributed by atoms with Crippen LogP contribution in [0.3, 0.4) is 0 Å². The Kier molecular flexibility index (Phi) is 3.86. The SMILES string of the molecule is CC(CN)Cc1nc(-c2ncccc2Br)no1. The summed E-state index contributed by atoms with van der Waals surface area (Å²) < 4.78 is 6.02. The number of aromatic nitrogens is 3. The molecule has 0 aliphatic carbocycles. The average molecular weight is 297 g/mol. The summed E-state index contributed by atoms with van der Waals surface area (Å²) in [5, 5.41) is 3.92. The van der Waals surface area contributed by atoms with Crippen LogP contribution in [0.15, 0.2) is 27.3 Å². The summed E-state index contributed by atoms with van der Waals surface area (Å²) in [7, 11) is 0. The van der Waals surface area contributed by atoms with E-state index in [0.717, 1.165) is 4.47 Å². The summed E-state index contributed by atoms with van der Waals surface area (Å²) in [5.41, 5.74) is 6.24. The summed E-state index contributed by atoms with van der Waals surface area (Å²) in [5.74, 6) is 1.42. The molecule has 0 spiro atoms. The third-order valence-corrected chi connectivity index (χ3v) is 3.00. The molecule has 0 amide bonds. The molecule has 0 saturated carbocycles. The van der Waals surface area contributed by atoms with Crippen molar-refractivity contribution in [3.8, 4) is 11.5 Å². The predicted molar refractivity (Wildman–Crippen MR) is 67.2 cm³/mol. The fourth-order valence-electron chi connectivity index (χ4n) is 1.37. The van der Waals surface area contributed by atoms with E-state index in [9.17, 15) is 0 Å². The van der Waals surface area contributed by atoms with Gasteiger partial charge in [0.05, 0.1) is 0 Å². The second-order valence-corrected chi connectivity index (χ2v) is 4.74. The molecule has 0 radical (unpaired) electrons. The molecule has 6 heteroatoms. The second kappa shape index (κ2) is 5.37. The lowest BCUT2D eigenvalue weighted by atomic mass is 10.1. The molecule has 0 aliphatic heterocycles. The van der Waals surface area contributed by atoms with Gasteiger partial charge in [-0.15, -0.1) is 0 Å². The van der Waals surface area contributed by atoms with Crippen molar-refractivity contribution in [1.82, 2.24) is 15.1 Å². The zero-order chi connectivity index (χ0) is 12.3. The molecule has 2 aromatic heterocycles. The lowest BCUT2D eigenvalue weighted by Crippen LogP contribution is -2.13. The number of rotatable bonds is 4. The van der Waals surface area contributed by atoms with Gasteiger partial charge in [-0.1, -0.05) is 12.1 Å². The molecule has 0 saturated heterocycles. The van der Waals surface area contributed by atoms with Gasteiger partial charge in [0.2, 0.25) is 11.7 Å². The lowest BCUT2D eigenvalue weighted by Gasteiger charge is -2.01. The largest absolute Gasteiger partial charge is 0.339 e. The minimum absolute atomic E-state index is 0.329. The third kappa shape index (κ3) is 2.89. The van der Waals surface area contributed by atoms with Crippen LogP contribution in [-0.4, -0.2) is 21.7 Å². The standard InChI is InChI=1S/C11H13BrN4O/c1-7(6-13)5-9-15-11(16-17-9)10-8(12)3-2-4-14-10/h2-4,7H,5-6,13H2,1H3. The van der Waals surface area contributed by atoms with Crippen molar-refractivity contribution < 1.29 is 4.52 Å². The van der Waals surface area contributed by atoms with Gasteiger partial charge in [-0.25, -0.2) is 0 Å². The molecule has 2 N–H and O–H groups in total. The Bertz CT molecular complexity index is 500. The summed E-state index contributed by atoms with van der Waals surface area (Å²) >= 11 is 3.40. The van der Waals surface area contributed by atoms with Gasteiger partial charge < -0.3 is 10.3 Å². The highest BCUT2D eigenvalue weighted by Gasteiger charge is 2.13. The molecule has 2 rings (SSSR count). The zero-order valence-corrected chi connectivity index (χ0v) is 11.0. The summed E-state index contributed by atoms with van der Waals surface area (Å²) in [6.07, 6.45) is 2.38.